The molecular formula is C29H23F4NO2. The first-order valence-electron chi connectivity index (χ1n) is 12.0. The minimum Gasteiger partial charge on any atom is -0.448 e. The van der Waals surface area contributed by atoms with Crippen LogP contribution in [0.3, 0.4) is 0 Å². The van der Waals surface area contributed by atoms with Crippen molar-refractivity contribution in [2.45, 2.75) is 43.4 Å². The van der Waals surface area contributed by atoms with Gasteiger partial charge in [-0.2, -0.15) is 13.2 Å². The zero-order chi connectivity index (χ0) is 25.0. The van der Waals surface area contributed by atoms with Crippen LogP contribution in [0.2, 0.25) is 0 Å². The summed E-state index contributed by atoms with van der Waals surface area (Å²) in [5.74, 6) is -0.752. The van der Waals surface area contributed by atoms with Crippen molar-refractivity contribution in [1.82, 2.24) is 4.90 Å². The number of amides is 1. The first-order valence-corrected chi connectivity index (χ1v) is 12.0. The Morgan fingerprint density at radius 2 is 1.58 bits per heavy atom. The topological polar surface area (TPSA) is 29.5 Å². The van der Waals surface area contributed by atoms with Crippen LogP contribution in [0, 0.1) is 5.82 Å². The van der Waals surface area contributed by atoms with Gasteiger partial charge >= 0.3 is 12.3 Å². The fourth-order valence-corrected chi connectivity index (χ4v) is 5.93. The standard InChI is InChI=1S/C29H23F4NO2/c30-27-12-9-18(29(31,32)33)15-25(27)17-13-19-10-11-20(14-17)34(19)28(35)36-16-26-23-7-3-1-5-21(23)22-6-2-4-8-24(22)26/h1-9,12-13,15,19-20,26H,10-11,14,16H2. The predicted molar refractivity (Wildman–Crippen MR) is 128 cm³/mol. The van der Waals surface area contributed by atoms with Gasteiger partial charge in [-0.25, -0.2) is 9.18 Å². The van der Waals surface area contributed by atoms with Crippen LogP contribution in [-0.2, 0) is 10.9 Å². The molecule has 36 heavy (non-hydrogen) atoms. The number of carbonyl (C=O) groups excluding carboxylic acids is 1. The van der Waals surface area contributed by atoms with Gasteiger partial charge in [0.2, 0.25) is 0 Å². The number of ether oxygens (including phenoxy) is 1. The lowest BCUT2D eigenvalue weighted by atomic mass is 9.93. The van der Waals surface area contributed by atoms with Crippen LogP contribution >= 0.6 is 0 Å². The number of benzene rings is 3. The van der Waals surface area contributed by atoms with E-state index in [9.17, 15) is 22.4 Å². The number of alkyl halides is 3. The van der Waals surface area contributed by atoms with E-state index in [1.807, 2.05) is 24.3 Å². The molecule has 2 aliphatic heterocycles. The van der Waals surface area contributed by atoms with Crippen LogP contribution in [-0.4, -0.2) is 29.7 Å². The first kappa shape index (κ1) is 22.8. The minimum atomic E-state index is -4.55. The quantitative estimate of drug-likeness (QED) is 0.356. The molecule has 1 amide bonds. The molecule has 0 aromatic heterocycles. The number of carbonyl (C=O) groups is 1. The molecule has 0 saturated carbocycles. The molecule has 2 atom stereocenters. The number of rotatable bonds is 3. The molecule has 2 heterocycles. The van der Waals surface area contributed by atoms with E-state index in [-0.39, 0.29) is 30.2 Å². The lowest BCUT2D eigenvalue weighted by Crippen LogP contribution is -2.43. The third-order valence-electron chi connectivity index (χ3n) is 7.58. The molecule has 0 N–H and O–H groups in total. The van der Waals surface area contributed by atoms with Crippen molar-refractivity contribution in [1.29, 1.82) is 0 Å². The number of nitrogens with zero attached hydrogens (tertiary/aromatic N) is 1. The summed E-state index contributed by atoms with van der Waals surface area (Å²) in [7, 11) is 0. The van der Waals surface area contributed by atoms with E-state index in [1.54, 1.807) is 11.0 Å². The highest BCUT2D eigenvalue weighted by atomic mass is 19.4. The summed E-state index contributed by atoms with van der Waals surface area (Å²) in [4.78, 5) is 14.9. The summed E-state index contributed by atoms with van der Waals surface area (Å²) < 4.78 is 59.9. The Morgan fingerprint density at radius 3 is 2.22 bits per heavy atom. The summed E-state index contributed by atoms with van der Waals surface area (Å²) in [5.41, 5.74) is 4.10. The normalized spacial score (nSPS) is 20.7. The van der Waals surface area contributed by atoms with Crippen molar-refractivity contribution in [3.05, 3.63) is 101 Å². The van der Waals surface area contributed by atoms with Crippen molar-refractivity contribution < 1.29 is 27.1 Å². The highest BCUT2D eigenvalue weighted by Crippen LogP contribution is 2.45. The average Bonchev–Trinajstić information content (AvgIpc) is 3.33. The van der Waals surface area contributed by atoms with E-state index in [0.29, 0.717) is 24.8 Å². The number of hydrogen-bond donors (Lipinski definition) is 0. The van der Waals surface area contributed by atoms with E-state index in [1.165, 1.54) is 0 Å². The molecule has 0 spiro atoms. The van der Waals surface area contributed by atoms with Crippen LogP contribution in [0.4, 0.5) is 22.4 Å². The van der Waals surface area contributed by atoms with Crippen molar-refractivity contribution in [3.63, 3.8) is 0 Å². The maximum Gasteiger partial charge on any atom is 0.416 e. The number of hydrogen-bond acceptors (Lipinski definition) is 2. The van der Waals surface area contributed by atoms with Gasteiger partial charge < -0.3 is 4.74 Å². The second-order valence-corrected chi connectivity index (χ2v) is 9.60. The maximum atomic E-state index is 14.5. The molecule has 3 aliphatic rings. The highest BCUT2D eigenvalue weighted by Gasteiger charge is 2.42. The van der Waals surface area contributed by atoms with Gasteiger partial charge in [-0.05, 0) is 65.3 Å². The maximum absolute atomic E-state index is 14.5. The van der Waals surface area contributed by atoms with Gasteiger partial charge in [-0.1, -0.05) is 54.6 Å². The Kier molecular flexibility index (Phi) is 5.39. The Morgan fingerprint density at radius 1 is 0.917 bits per heavy atom. The molecule has 184 valence electrons. The van der Waals surface area contributed by atoms with Crippen molar-refractivity contribution in [2.75, 3.05) is 6.61 Å². The minimum absolute atomic E-state index is 0.0473. The zero-order valence-electron chi connectivity index (χ0n) is 19.3. The molecule has 1 aliphatic carbocycles. The number of halogens is 4. The molecule has 3 aromatic carbocycles. The summed E-state index contributed by atoms with van der Waals surface area (Å²) in [6.45, 7) is 0.196. The largest absolute Gasteiger partial charge is 0.448 e. The third kappa shape index (κ3) is 3.77. The lowest BCUT2D eigenvalue weighted by molar-refractivity contribution is -0.137. The Bertz CT molecular complexity index is 1330. The van der Waals surface area contributed by atoms with Gasteiger partial charge in [0.25, 0.3) is 0 Å². The second kappa shape index (κ2) is 8.50. The Hall–Kier alpha value is -3.61. The van der Waals surface area contributed by atoms with Crippen LogP contribution in [0.25, 0.3) is 16.7 Å². The molecule has 3 aromatic rings. The van der Waals surface area contributed by atoms with Crippen LogP contribution in [0.1, 0.15) is 47.4 Å². The third-order valence-corrected chi connectivity index (χ3v) is 7.58. The number of fused-ring (bicyclic) bond motifs is 5. The molecule has 7 heteroatoms. The molecule has 1 fully saturated rings. The second-order valence-electron chi connectivity index (χ2n) is 9.60. The highest BCUT2D eigenvalue weighted by molar-refractivity contribution is 5.79. The molecule has 6 rings (SSSR count). The van der Waals surface area contributed by atoms with Crippen molar-refractivity contribution >= 4 is 11.7 Å². The molecule has 2 unspecified atom stereocenters. The van der Waals surface area contributed by atoms with Gasteiger partial charge in [0.15, 0.2) is 0 Å². The zero-order valence-corrected chi connectivity index (χ0v) is 19.3. The van der Waals surface area contributed by atoms with E-state index >= 15 is 0 Å². The first-order chi connectivity index (χ1) is 17.3. The van der Waals surface area contributed by atoms with Gasteiger partial charge in [0, 0.05) is 17.5 Å². The van der Waals surface area contributed by atoms with E-state index in [4.69, 9.17) is 4.74 Å². The summed E-state index contributed by atoms with van der Waals surface area (Å²) in [6.07, 6.45) is -1.62. The molecular weight excluding hydrogens is 470 g/mol. The SMILES string of the molecule is O=C(OCC1c2ccccc2-c2ccccc21)N1C2C=C(c3cc(C(F)(F)F)ccc3F)CC1CC2. The molecule has 0 radical (unpaired) electrons. The molecule has 2 bridgehead atoms. The van der Waals surface area contributed by atoms with Crippen LogP contribution in [0.5, 0.6) is 0 Å². The monoisotopic (exact) mass is 493 g/mol. The molecule has 3 nitrogen and oxygen atoms in total. The van der Waals surface area contributed by atoms with E-state index < -0.39 is 23.7 Å². The summed E-state index contributed by atoms with van der Waals surface area (Å²) in [5, 5.41) is 0. The van der Waals surface area contributed by atoms with E-state index in [2.05, 4.69) is 24.3 Å². The fraction of sp³-hybridized carbons (Fsp3) is 0.276. The summed E-state index contributed by atoms with van der Waals surface area (Å²) >= 11 is 0. The fourth-order valence-electron chi connectivity index (χ4n) is 5.93. The molecule has 1 saturated heterocycles. The smallest absolute Gasteiger partial charge is 0.416 e. The lowest BCUT2D eigenvalue weighted by Gasteiger charge is -2.33. The van der Waals surface area contributed by atoms with Gasteiger partial charge in [-0.15, -0.1) is 0 Å². The van der Waals surface area contributed by atoms with Crippen LogP contribution < -0.4 is 0 Å². The van der Waals surface area contributed by atoms with E-state index in [0.717, 1.165) is 40.5 Å². The predicted octanol–water partition coefficient (Wildman–Crippen LogP) is 7.41. The van der Waals surface area contributed by atoms with Crippen molar-refractivity contribution in [2.24, 2.45) is 0 Å². The van der Waals surface area contributed by atoms with Gasteiger partial charge in [0.05, 0.1) is 11.6 Å². The van der Waals surface area contributed by atoms with Crippen molar-refractivity contribution in [3.8, 4) is 11.1 Å². The Labute approximate surface area is 206 Å². The van der Waals surface area contributed by atoms with Gasteiger partial charge in [0.1, 0.15) is 12.4 Å². The average molecular weight is 494 g/mol. The van der Waals surface area contributed by atoms with Crippen LogP contribution in [0.15, 0.2) is 72.8 Å². The van der Waals surface area contributed by atoms with Gasteiger partial charge in [-0.3, -0.25) is 4.90 Å². The summed E-state index contributed by atoms with van der Waals surface area (Å²) in [6, 6.07) is 18.1. The Balaban J connectivity index is 1.21.